The second-order valence-corrected chi connectivity index (χ2v) is 6.12. The lowest BCUT2D eigenvalue weighted by molar-refractivity contribution is -0.184. The van der Waals surface area contributed by atoms with Crippen molar-refractivity contribution in [3.8, 4) is 0 Å². The lowest BCUT2D eigenvalue weighted by Gasteiger charge is -2.35. The Morgan fingerprint density at radius 1 is 0.793 bits per heavy atom. The summed E-state index contributed by atoms with van der Waals surface area (Å²) in [5, 5.41) is 1.17. The molecule has 0 bridgehead atoms. The van der Waals surface area contributed by atoms with E-state index < -0.39 is 41.5 Å². The van der Waals surface area contributed by atoms with Crippen molar-refractivity contribution in [1.29, 1.82) is 0 Å². The van der Waals surface area contributed by atoms with Gasteiger partial charge in [-0.3, -0.25) is 28.8 Å². The van der Waals surface area contributed by atoms with Crippen LogP contribution in [-0.2, 0) is 19.2 Å². The van der Waals surface area contributed by atoms with Crippen molar-refractivity contribution in [2.24, 2.45) is 0 Å². The van der Waals surface area contributed by atoms with Crippen LogP contribution in [0.1, 0.15) is 33.6 Å². The molecule has 0 saturated carbocycles. The highest BCUT2D eigenvalue weighted by Crippen LogP contribution is 2.23. The van der Waals surface area contributed by atoms with Crippen molar-refractivity contribution in [3.05, 3.63) is 47.5 Å². The molecule has 12 heteroatoms. The van der Waals surface area contributed by atoms with E-state index in [9.17, 15) is 33.6 Å². The molecule has 1 aromatic rings. The third-order valence-electron chi connectivity index (χ3n) is 4.37. The van der Waals surface area contributed by atoms with Crippen LogP contribution in [0.4, 0.5) is 4.79 Å². The molecule has 29 heavy (non-hydrogen) atoms. The summed E-state index contributed by atoms with van der Waals surface area (Å²) in [6.45, 7) is 0. The van der Waals surface area contributed by atoms with Gasteiger partial charge in [-0.1, -0.05) is 12.1 Å². The molecule has 8 amide bonds. The summed E-state index contributed by atoms with van der Waals surface area (Å²) in [6, 6.07) is 4.41. The fourth-order valence-electron chi connectivity index (χ4n) is 3.06. The Kier molecular flexibility index (Phi) is 3.96. The number of amides is 8. The topological polar surface area (TPSA) is 144 Å². The van der Waals surface area contributed by atoms with Crippen LogP contribution in [-0.4, -0.2) is 61.6 Å². The Bertz CT molecular complexity index is 991. The lowest BCUT2D eigenvalue weighted by Crippen LogP contribution is -2.64. The number of benzene rings is 1. The molecule has 3 aliphatic rings. The molecular formula is C17H11N5O7. The summed E-state index contributed by atoms with van der Waals surface area (Å²) >= 11 is 0. The van der Waals surface area contributed by atoms with Gasteiger partial charge in [-0.15, -0.1) is 5.12 Å². The highest BCUT2D eigenvalue weighted by Gasteiger charge is 2.46. The Morgan fingerprint density at radius 2 is 1.28 bits per heavy atom. The van der Waals surface area contributed by atoms with Gasteiger partial charge in [0.15, 0.2) is 0 Å². The number of carbonyl (C=O) groups excluding carboxylic acids is 7. The van der Waals surface area contributed by atoms with E-state index in [-0.39, 0.29) is 34.1 Å². The maximum atomic E-state index is 12.8. The molecule has 0 radical (unpaired) electrons. The Hall–Kier alpha value is -4.35. The average molecular weight is 397 g/mol. The summed E-state index contributed by atoms with van der Waals surface area (Å²) in [5.74, 6) is -5.34. The zero-order valence-corrected chi connectivity index (χ0v) is 14.5. The number of nitrogens with one attached hydrogen (secondary N) is 1. The van der Waals surface area contributed by atoms with Crippen LogP contribution in [0, 0.1) is 0 Å². The zero-order valence-electron chi connectivity index (χ0n) is 14.5. The van der Waals surface area contributed by atoms with Gasteiger partial charge in [0.1, 0.15) is 0 Å². The number of urea groups is 1. The maximum absolute atomic E-state index is 12.8. The van der Waals surface area contributed by atoms with Gasteiger partial charge in [-0.2, -0.15) is 15.0 Å². The van der Waals surface area contributed by atoms with Gasteiger partial charge in [0.25, 0.3) is 35.4 Å². The van der Waals surface area contributed by atoms with Crippen LogP contribution in [0.5, 0.6) is 0 Å². The number of hydrogen-bond acceptors (Lipinski definition) is 7. The van der Waals surface area contributed by atoms with E-state index >= 15 is 0 Å². The standard InChI is InChI=1S/C17H11N5O7/c23-11-5-6-12(24)20(11)22(21-13(25)7-8-14(21)26)17(29)18-19-15(27)9-3-1-2-4-10(9)16(19)28/h1-6H,7-8H2,(H,18,29). The molecule has 3 heterocycles. The number of imide groups is 3. The van der Waals surface area contributed by atoms with Crippen LogP contribution in [0.3, 0.4) is 0 Å². The lowest BCUT2D eigenvalue weighted by atomic mass is 10.1. The number of carbonyl (C=O) groups is 7. The predicted octanol–water partition coefficient (Wildman–Crippen LogP) is -0.887. The highest BCUT2D eigenvalue weighted by molar-refractivity contribution is 6.22. The van der Waals surface area contributed by atoms with Gasteiger partial charge in [-0.05, 0) is 12.1 Å². The van der Waals surface area contributed by atoms with E-state index in [4.69, 9.17) is 0 Å². The minimum absolute atomic E-state index is 0.0349. The van der Waals surface area contributed by atoms with Crippen LogP contribution in [0.25, 0.3) is 0 Å². The molecule has 1 N–H and O–H groups in total. The van der Waals surface area contributed by atoms with E-state index in [0.717, 1.165) is 12.2 Å². The van der Waals surface area contributed by atoms with Crippen LogP contribution < -0.4 is 5.43 Å². The molecule has 12 nitrogen and oxygen atoms in total. The first-order chi connectivity index (χ1) is 13.8. The number of hydrazine groups is 3. The van der Waals surface area contributed by atoms with Crippen LogP contribution in [0.2, 0.25) is 0 Å². The normalized spacial score (nSPS) is 18.3. The van der Waals surface area contributed by atoms with E-state index in [0.29, 0.717) is 10.0 Å². The van der Waals surface area contributed by atoms with Gasteiger partial charge < -0.3 is 0 Å². The van der Waals surface area contributed by atoms with E-state index in [1.165, 1.54) is 24.3 Å². The summed E-state index contributed by atoms with van der Waals surface area (Å²) in [5.41, 5.74) is 2.03. The largest absolute Gasteiger partial charge is 0.376 e. The third-order valence-corrected chi connectivity index (χ3v) is 4.37. The first-order valence-electron chi connectivity index (χ1n) is 8.31. The molecule has 1 fully saturated rings. The smallest absolute Gasteiger partial charge is 0.272 e. The second kappa shape index (κ2) is 6.37. The van der Waals surface area contributed by atoms with E-state index in [1.54, 1.807) is 0 Å². The van der Waals surface area contributed by atoms with E-state index in [2.05, 4.69) is 0 Å². The van der Waals surface area contributed by atoms with Crippen molar-refractivity contribution < 1.29 is 33.6 Å². The molecule has 0 aliphatic carbocycles. The van der Waals surface area contributed by atoms with E-state index in [1.807, 2.05) is 5.43 Å². The third kappa shape index (κ3) is 2.65. The highest BCUT2D eigenvalue weighted by atomic mass is 16.3. The summed E-state index contributed by atoms with van der Waals surface area (Å²) < 4.78 is 0. The molecule has 0 atom stereocenters. The molecule has 146 valence electrons. The molecule has 1 aromatic carbocycles. The monoisotopic (exact) mass is 397 g/mol. The average Bonchev–Trinajstić information content (AvgIpc) is 3.29. The molecular weight excluding hydrogens is 386 g/mol. The van der Waals surface area contributed by atoms with Crippen molar-refractivity contribution in [2.75, 3.05) is 0 Å². The molecule has 0 aromatic heterocycles. The summed E-state index contributed by atoms with van der Waals surface area (Å²) in [7, 11) is 0. The zero-order chi connectivity index (χ0) is 20.9. The summed E-state index contributed by atoms with van der Waals surface area (Å²) in [6.07, 6.45) is 1.21. The first-order valence-corrected chi connectivity index (χ1v) is 8.31. The Balaban J connectivity index is 1.66. The maximum Gasteiger partial charge on any atom is 0.376 e. The fourth-order valence-corrected chi connectivity index (χ4v) is 3.06. The van der Waals surface area contributed by atoms with Crippen molar-refractivity contribution in [3.63, 3.8) is 0 Å². The van der Waals surface area contributed by atoms with Crippen LogP contribution >= 0.6 is 0 Å². The molecule has 0 unspecified atom stereocenters. The first kappa shape index (κ1) is 18.0. The quantitative estimate of drug-likeness (QED) is 0.652. The number of fused-ring (bicyclic) bond motifs is 1. The minimum atomic E-state index is -1.39. The summed E-state index contributed by atoms with van der Waals surface area (Å²) in [4.78, 5) is 86.0. The molecule has 4 rings (SSSR count). The SMILES string of the molecule is O=C1c2ccccc2C(=O)N1NC(=O)N(N1C(=O)C=CC1=O)N1C(=O)CCC1=O. The van der Waals surface area contributed by atoms with Crippen molar-refractivity contribution in [2.45, 2.75) is 12.8 Å². The van der Waals surface area contributed by atoms with Gasteiger partial charge in [0.2, 0.25) is 0 Å². The van der Waals surface area contributed by atoms with Gasteiger partial charge in [0.05, 0.1) is 11.1 Å². The molecule has 1 saturated heterocycles. The van der Waals surface area contributed by atoms with Crippen molar-refractivity contribution in [1.82, 2.24) is 25.6 Å². The van der Waals surface area contributed by atoms with Gasteiger partial charge >= 0.3 is 6.03 Å². The molecule has 0 spiro atoms. The van der Waals surface area contributed by atoms with Gasteiger partial charge in [0, 0.05) is 25.0 Å². The predicted molar refractivity (Wildman–Crippen MR) is 89.4 cm³/mol. The van der Waals surface area contributed by atoms with Gasteiger partial charge in [-0.25, -0.2) is 10.2 Å². The Morgan fingerprint density at radius 3 is 1.76 bits per heavy atom. The Labute approximate surface area is 161 Å². The number of nitrogens with zero attached hydrogens (tertiary/aromatic N) is 4. The number of rotatable bonds is 3. The fraction of sp³-hybridized carbons (Fsp3) is 0.118. The van der Waals surface area contributed by atoms with Crippen molar-refractivity contribution >= 4 is 41.5 Å². The second-order valence-electron chi connectivity index (χ2n) is 6.12. The minimum Gasteiger partial charge on any atom is -0.272 e. The molecule has 3 aliphatic heterocycles. The van der Waals surface area contributed by atoms with Crippen LogP contribution in [0.15, 0.2) is 36.4 Å². The number of hydrogen-bond donors (Lipinski definition) is 1.